The van der Waals surface area contributed by atoms with Gasteiger partial charge in [0, 0.05) is 19.1 Å². The lowest BCUT2D eigenvalue weighted by atomic mass is 9.93. The molecule has 8 heteroatoms. The van der Waals surface area contributed by atoms with E-state index in [1.165, 1.54) is 4.31 Å². The zero-order valence-corrected chi connectivity index (χ0v) is 13.2. The molecule has 2 unspecified atom stereocenters. The summed E-state index contributed by atoms with van der Waals surface area (Å²) in [5.74, 6) is 0.252. The van der Waals surface area contributed by atoms with Crippen LogP contribution in [-0.4, -0.2) is 51.1 Å². The van der Waals surface area contributed by atoms with Gasteiger partial charge in [-0.1, -0.05) is 6.92 Å². The Kier molecular flexibility index (Phi) is 6.70. The molecule has 0 saturated carbocycles. The lowest BCUT2D eigenvalue weighted by molar-refractivity contribution is 0.157. The highest BCUT2D eigenvalue weighted by atomic mass is 32.2. The van der Waals surface area contributed by atoms with Crippen LogP contribution >= 0.6 is 0 Å². The summed E-state index contributed by atoms with van der Waals surface area (Å²) in [6, 6.07) is 0.251. The van der Waals surface area contributed by atoms with Crippen molar-refractivity contribution >= 4 is 16.3 Å². The van der Waals surface area contributed by atoms with Crippen molar-refractivity contribution in [1.82, 2.24) is 14.3 Å². The number of carbonyl (C=O) groups excluding carboxylic acids is 1. The molecule has 0 aromatic carbocycles. The number of piperidine rings is 1. The minimum atomic E-state index is -3.81. The van der Waals surface area contributed by atoms with Crippen molar-refractivity contribution in [3.8, 4) is 0 Å². The zero-order chi connectivity index (χ0) is 15.2. The van der Waals surface area contributed by atoms with Gasteiger partial charge >= 0.3 is 16.3 Å². The Morgan fingerprint density at radius 3 is 2.75 bits per heavy atom. The van der Waals surface area contributed by atoms with Crippen molar-refractivity contribution in [3.63, 3.8) is 0 Å². The summed E-state index contributed by atoms with van der Waals surface area (Å²) in [6.07, 6.45) is 0.860. The van der Waals surface area contributed by atoms with E-state index in [0.717, 1.165) is 19.4 Å². The fourth-order valence-corrected chi connectivity index (χ4v) is 3.58. The Hall–Kier alpha value is -0.860. The molecule has 2 atom stereocenters. The Labute approximate surface area is 121 Å². The Bertz CT molecular complexity index is 413. The molecule has 0 bridgehead atoms. The van der Waals surface area contributed by atoms with E-state index >= 15 is 0 Å². The predicted molar refractivity (Wildman–Crippen MR) is 76.5 cm³/mol. The second-order valence-corrected chi connectivity index (χ2v) is 6.60. The number of hydrogen-bond donors (Lipinski definition) is 2. The molecule has 1 heterocycles. The monoisotopic (exact) mass is 307 g/mol. The van der Waals surface area contributed by atoms with Gasteiger partial charge in [-0.05, 0) is 39.2 Å². The standard InChI is InChI=1S/C12H25N3O4S/c1-4-13-10(3)11-7-6-8-15(9-11)20(17,18)14-12(16)19-5-2/h10-11,13H,4-9H2,1-3H3,(H,14,16). The molecule has 1 amide bonds. The molecule has 2 N–H and O–H groups in total. The minimum absolute atomic E-state index is 0.140. The van der Waals surface area contributed by atoms with Crippen LogP contribution in [0.25, 0.3) is 0 Å². The van der Waals surface area contributed by atoms with E-state index in [2.05, 4.69) is 17.0 Å². The van der Waals surface area contributed by atoms with Crippen LogP contribution in [0, 0.1) is 5.92 Å². The second-order valence-electron chi connectivity index (χ2n) is 4.93. The largest absolute Gasteiger partial charge is 0.449 e. The average molecular weight is 307 g/mol. The molecule has 1 fully saturated rings. The lowest BCUT2D eigenvalue weighted by Crippen LogP contribution is -2.51. The third-order valence-electron chi connectivity index (χ3n) is 3.48. The summed E-state index contributed by atoms with van der Waals surface area (Å²) in [7, 11) is -3.81. The first-order valence-electron chi connectivity index (χ1n) is 7.08. The van der Waals surface area contributed by atoms with E-state index in [-0.39, 0.29) is 18.6 Å². The van der Waals surface area contributed by atoms with Gasteiger partial charge in [0.25, 0.3) is 0 Å². The maximum atomic E-state index is 12.1. The Balaban J connectivity index is 2.63. The Morgan fingerprint density at radius 1 is 1.45 bits per heavy atom. The topological polar surface area (TPSA) is 87.7 Å². The van der Waals surface area contributed by atoms with Crippen LogP contribution in [0.2, 0.25) is 0 Å². The first kappa shape index (κ1) is 17.2. The molecular weight excluding hydrogens is 282 g/mol. The van der Waals surface area contributed by atoms with Gasteiger partial charge in [0.05, 0.1) is 6.61 Å². The lowest BCUT2D eigenvalue weighted by Gasteiger charge is -2.34. The maximum Gasteiger partial charge on any atom is 0.421 e. The van der Waals surface area contributed by atoms with Gasteiger partial charge in [-0.3, -0.25) is 0 Å². The fraction of sp³-hybridized carbons (Fsp3) is 0.917. The third-order valence-corrected chi connectivity index (χ3v) is 4.92. The molecule has 1 rings (SSSR count). The van der Waals surface area contributed by atoms with Crippen LogP contribution in [0.5, 0.6) is 0 Å². The summed E-state index contributed by atoms with van der Waals surface area (Å²) >= 11 is 0. The van der Waals surface area contributed by atoms with Crippen molar-refractivity contribution in [1.29, 1.82) is 0 Å². The zero-order valence-electron chi connectivity index (χ0n) is 12.4. The van der Waals surface area contributed by atoms with E-state index in [1.807, 2.05) is 11.6 Å². The number of amides is 1. The molecule has 0 aromatic heterocycles. The number of rotatable bonds is 6. The SMILES string of the molecule is CCNC(C)C1CCCN(S(=O)(=O)NC(=O)OCC)C1. The van der Waals surface area contributed by atoms with E-state index < -0.39 is 16.3 Å². The van der Waals surface area contributed by atoms with Crippen LogP contribution in [0.4, 0.5) is 4.79 Å². The first-order chi connectivity index (χ1) is 9.40. The second kappa shape index (κ2) is 7.80. The van der Waals surface area contributed by atoms with Crippen LogP contribution in [0.3, 0.4) is 0 Å². The summed E-state index contributed by atoms with van der Waals surface area (Å²) in [6.45, 7) is 7.56. The van der Waals surface area contributed by atoms with Crippen LogP contribution in [0.15, 0.2) is 0 Å². The van der Waals surface area contributed by atoms with Crippen molar-refractivity contribution in [2.24, 2.45) is 5.92 Å². The van der Waals surface area contributed by atoms with Crippen molar-refractivity contribution in [2.45, 2.75) is 39.7 Å². The van der Waals surface area contributed by atoms with Gasteiger partial charge in [0.2, 0.25) is 0 Å². The van der Waals surface area contributed by atoms with Crippen molar-refractivity contribution in [2.75, 3.05) is 26.2 Å². The highest BCUT2D eigenvalue weighted by Crippen LogP contribution is 2.21. The smallest absolute Gasteiger partial charge is 0.421 e. The average Bonchev–Trinajstić information content (AvgIpc) is 2.39. The quantitative estimate of drug-likeness (QED) is 0.754. The molecule has 1 aliphatic rings. The summed E-state index contributed by atoms with van der Waals surface area (Å²) in [4.78, 5) is 11.3. The predicted octanol–water partition coefficient (Wildman–Crippen LogP) is 0.687. The van der Waals surface area contributed by atoms with Gasteiger partial charge in [-0.15, -0.1) is 0 Å². The molecular formula is C12H25N3O4S. The van der Waals surface area contributed by atoms with E-state index in [9.17, 15) is 13.2 Å². The highest BCUT2D eigenvalue weighted by molar-refractivity contribution is 7.87. The molecule has 0 radical (unpaired) electrons. The summed E-state index contributed by atoms with van der Waals surface area (Å²) in [5.41, 5.74) is 0. The van der Waals surface area contributed by atoms with Gasteiger partial charge in [-0.2, -0.15) is 12.7 Å². The van der Waals surface area contributed by atoms with Crippen molar-refractivity contribution < 1.29 is 17.9 Å². The summed E-state index contributed by atoms with van der Waals surface area (Å²) < 4.78 is 32.1. The van der Waals surface area contributed by atoms with Crippen LogP contribution in [-0.2, 0) is 14.9 Å². The van der Waals surface area contributed by atoms with Gasteiger partial charge in [-0.25, -0.2) is 9.52 Å². The van der Waals surface area contributed by atoms with Gasteiger partial charge < -0.3 is 10.1 Å². The van der Waals surface area contributed by atoms with Crippen LogP contribution < -0.4 is 10.0 Å². The minimum Gasteiger partial charge on any atom is -0.449 e. The van der Waals surface area contributed by atoms with Crippen molar-refractivity contribution in [3.05, 3.63) is 0 Å². The number of nitrogens with zero attached hydrogens (tertiary/aromatic N) is 1. The first-order valence-corrected chi connectivity index (χ1v) is 8.52. The maximum absolute atomic E-state index is 12.1. The van der Waals surface area contributed by atoms with Crippen LogP contribution in [0.1, 0.15) is 33.6 Å². The normalized spacial score (nSPS) is 22.2. The number of carbonyl (C=O) groups is 1. The molecule has 1 saturated heterocycles. The molecule has 20 heavy (non-hydrogen) atoms. The molecule has 0 aromatic rings. The number of hydrogen-bond acceptors (Lipinski definition) is 5. The molecule has 1 aliphatic heterocycles. The number of nitrogens with one attached hydrogen (secondary N) is 2. The molecule has 7 nitrogen and oxygen atoms in total. The molecule has 0 spiro atoms. The fourth-order valence-electron chi connectivity index (χ4n) is 2.42. The Morgan fingerprint density at radius 2 is 2.15 bits per heavy atom. The van der Waals surface area contributed by atoms with E-state index in [4.69, 9.17) is 0 Å². The number of ether oxygens (including phenoxy) is 1. The third kappa shape index (κ3) is 4.92. The highest BCUT2D eigenvalue weighted by Gasteiger charge is 2.32. The van der Waals surface area contributed by atoms with E-state index in [0.29, 0.717) is 13.1 Å². The van der Waals surface area contributed by atoms with Gasteiger partial charge in [0.1, 0.15) is 0 Å². The summed E-state index contributed by atoms with van der Waals surface area (Å²) in [5, 5.41) is 3.31. The van der Waals surface area contributed by atoms with Gasteiger partial charge in [0.15, 0.2) is 0 Å². The van der Waals surface area contributed by atoms with E-state index in [1.54, 1.807) is 6.92 Å². The molecule has 0 aliphatic carbocycles. The molecule has 118 valence electrons.